The van der Waals surface area contributed by atoms with Crippen LogP contribution in [0.15, 0.2) is 18.2 Å². The minimum Gasteiger partial charge on any atom is -0.492 e. The number of benzene rings is 1. The van der Waals surface area contributed by atoms with Crippen molar-refractivity contribution in [2.45, 2.75) is 32.4 Å². The predicted molar refractivity (Wildman–Crippen MR) is 68.6 cm³/mol. The molecule has 0 spiro atoms. The second kappa shape index (κ2) is 6.27. The lowest BCUT2D eigenvalue weighted by Crippen LogP contribution is -2.16. The van der Waals surface area contributed by atoms with Crippen molar-refractivity contribution in [3.63, 3.8) is 0 Å². The van der Waals surface area contributed by atoms with Crippen LogP contribution in [0.2, 0.25) is 0 Å². The van der Waals surface area contributed by atoms with Crippen molar-refractivity contribution in [2.75, 3.05) is 13.2 Å². The number of rotatable bonds is 4. The van der Waals surface area contributed by atoms with Crippen LogP contribution in [0.5, 0.6) is 11.5 Å². The van der Waals surface area contributed by atoms with E-state index in [2.05, 4.69) is 11.4 Å². The number of nitriles is 1. The molecule has 1 aromatic carbocycles. The third-order valence-corrected chi connectivity index (χ3v) is 2.97. The Morgan fingerprint density at radius 1 is 1.56 bits per heavy atom. The van der Waals surface area contributed by atoms with Crippen molar-refractivity contribution in [2.24, 2.45) is 0 Å². The van der Waals surface area contributed by atoms with Gasteiger partial charge in [0.1, 0.15) is 24.2 Å². The molecule has 1 unspecified atom stereocenters. The molecular formula is C14H18N2O2. The van der Waals surface area contributed by atoms with Crippen LogP contribution in [0.25, 0.3) is 0 Å². The summed E-state index contributed by atoms with van der Waals surface area (Å²) < 4.78 is 11.4. The van der Waals surface area contributed by atoms with Crippen LogP contribution in [0.4, 0.5) is 0 Å². The van der Waals surface area contributed by atoms with E-state index in [9.17, 15) is 0 Å². The van der Waals surface area contributed by atoms with Gasteiger partial charge in [0.25, 0.3) is 0 Å². The topological polar surface area (TPSA) is 54.3 Å². The van der Waals surface area contributed by atoms with E-state index in [0.717, 1.165) is 36.6 Å². The molecule has 1 aromatic rings. The maximum atomic E-state index is 8.71. The van der Waals surface area contributed by atoms with Crippen molar-refractivity contribution in [1.82, 2.24) is 5.32 Å². The van der Waals surface area contributed by atoms with E-state index in [1.54, 1.807) is 0 Å². The van der Waals surface area contributed by atoms with E-state index < -0.39 is 0 Å². The molecule has 1 N–H and O–H groups in total. The minimum atomic E-state index is -0.0445. The number of hydrogen-bond donors (Lipinski definition) is 1. The van der Waals surface area contributed by atoms with Gasteiger partial charge in [0, 0.05) is 24.7 Å². The fourth-order valence-electron chi connectivity index (χ4n) is 1.91. The zero-order valence-corrected chi connectivity index (χ0v) is 10.6. The van der Waals surface area contributed by atoms with E-state index in [0.29, 0.717) is 13.0 Å². The van der Waals surface area contributed by atoms with Crippen molar-refractivity contribution >= 4 is 0 Å². The van der Waals surface area contributed by atoms with Gasteiger partial charge in [-0.2, -0.15) is 5.26 Å². The summed E-state index contributed by atoms with van der Waals surface area (Å²) in [4.78, 5) is 0. The first-order valence-electron chi connectivity index (χ1n) is 6.33. The second-order valence-corrected chi connectivity index (χ2v) is 4.31. The quantitative estimate of drug-likeness (QED) is 0.885. The smallest absolute Gasteiger partial charge is 0.127 e. The Morgan fingerprint density at radius 2 is 2.44 bits per heavy atom. The first-order valence-corrected chi connectivity index (χ1v) is 6.33. The molecular weight excluding hydrogens is 228 g/mol. The molecule has 2 rings (SSSR count). The highest BCUT2D eigenvalue weighted by Gasteiger charge is 2.12. The fourth-order valence-corrected chi connectivity index (χ4v) is 1.91. The summed E-state index contributed by atoms with van der Waals surface area (Å²) in [6.45, 7) is 4.37. The van der Waals surface area contributed by atoms with Crippen LogP contribution in [-0.4, -0.2) is 19.3 Å². The van der Waals surface area contributed by atoms with E-state index >= 15 is 0 Å². The van der Waals surface area contributed by atoms with Gasteiger partial charge in [0.05, 0.1) is 12.5 Å². The van der Waals surface area contributed by atoms with E-state index in [1.165, 1.54) is 0 Å². The lowest BCUT2D eigenvalue weighted by Gasteiger charge is -2.16. The number of nitrogens with one attached hydrogen (secondary N) is 1. The van der Waals surface area contributed by atoms with Crippen LogP contribution in [0.3, 0.4) is 0 Å². The zero-order valence-electron chi connectivity index (χ0n) is 10.6. The Labute approximate surface area is 108 Å². The van der Waals surface area contributed by atoms with Gasteiger partial charge in [-0.15, -0.1) is 0 Å². The van der Waals surface area contributed by atoms with Crippen LogP contribution in [0, 0.1) is 11.3 Å². The molecule has 1 heterocycles. The number of nitrogens with zero attached hydrogens (tertiary/aromatic N) is 1. The average molecular weight is 246 g/mol. The van der Waals surface area contributed by atoms with E-state index in [1.807, 2.05) is 25.1 Å². The van der Waals surface area contributed by atoms with E-state index in [-0.39, 0.29) is 6.10 Å². The van der Waals surface area contributed by atoms with Gasteiger partial charge in [-0.05, 0) is 12.5 Å². The molecule has 0 saturated heterocycles. The molecule has 0 saturated carbocycles. The summed E-state index contributed by atoms with van der Waals surface area (Å²) in [5, 5.41) is 12.0. The van der Waals surface area contributed by atoms with Crippen molar-refractivity contribution in [3.8, 4) is 17.6 Å². The first-order chi connectivity index (χ1) is 8.83. The Hall–Kier alpha value is -1.73. The third-order valence-electron chi connectivity index (χ3n) is 2.97. The molecule has 0 aliphatic carbocycles. The molecule has 96 valence electrons. The molecule has 4 heteroatoms. The number of ether oxygens (including phenoxy) is 2. The van der Waals surface area contributed by atoms with Gasteiger partial charge in [-0.3, -0.25) is 0 Å². The normalized spacial score (nSPS) is 15.8. The molecule has 18 heavy (non-hydrogen) atoms. The lowest BCUT2D eigenvalue weighted by molar-refractivity contribution is 0.201. The molecule has 0 aromatic heterocycles. The predicted octanol–water partition coefficient (Wildman–Crippen LogP) is 2.24. The molecule has 4 nitrogen and oxygen atoms in total. The molecule has 0 radical (unpaired) electrons. The zero-order chi connectivity index (χ0) is 12.8. The Balaban J connectivity index is 2.10. The highest BCUT2D eigenvalue weighted by molar-refractivity contribution is 5.41. The summed E-state index contributed by atoms with van der Waals surface area (Å²) >= 11 is 0. The monoisotopic (exact) mass is 246 g/mol. The Bertz CT molecular complexity index is 440. The van der Waals surface area contributed by atoms with Gasteiger partial charge in [-0.1, -0.05) is 13.0 Å². The third kappa shape index (κ3) is 3.14. The maximum absolute atomic E-state index is 8.71. The van der Waals surface area contributed by atoms with Crippen molar-refractivity contribution < 1.29 is 9.47 Å². The fraction of sp³-hybridized carbons (Fsp3) is 0.500. The van der Waals surface area contributed by atoms with Crippen LogP contribution < -0.4 is 14.8 Å². The molecule has 1 atom stereocenters. The van der Waals surface area contributed by atoms with Crippen molar-refractivity contribution in [3.05, 3.63) is 23.8 Å². The largest absolute Gasteiger partial charge is 0.492 e. The Kier molecular flexibility index (Phi) is 4.43. The molecule has 0 bridgehead atoms. The maximum Gasteiger partial charge on any atom is 0.127 e. The Morgan fingerprint density at radius 3 is 3.22 bits per heavy atom. The van der Waals surface area contributed by atoms with Gasteiger partial charge in [-0.25, -0.2) is 0 Å². The van der Waals surface area contributed by atoms with Crippen molar-refractivity contribution in [1.29, 1.82) is 5.26 Å². The van der Waals surface area contributed by atoms with Gasteiger partial charge in [0.15, 0.2) is 0 Å². The summed E-state index contributed by atoms with van der Waals surface area (Å²) in [6, 6.07) is 8.02. The van der Waals surface area contributed by atoms with Crippen LogP contribution in [0.1, 0.15) is 25.3 Å². The number of fused-ring (bicyclic) bond motifs is 1. The lowest BCUT2D eigenvalue weighted by atomic mass is 10.2. The van der Waals surface area contributed by atoms with Gasteiger partial charge >= 0.3 is 0 Å². The molecule has 0 fully saturated rings. The summed E-state index contributed by atoms with van der Waals surface area (Å²) in [5.74, 6) is 1.65. The van der Waals surface area contributed by atoms with Crippen LogP contribution >= 0.6 is 0 Å². The average Bonchev–Trinajstić information content (AvgIpc) is 2.63. The second-order valence-electron chi connectivity index (χ2n) is 4.31. The summed E-state index contributed by atoms with van der Waals surface area (Å²) in [7, 11) is 0. The highest BCUT2D eigenvalue weighted by Crippen LogP contribution is 2.27. The summed E-state index contributed by atoms with van der Waals surface area (Å²) in [5.41, 5.74) is 1.15. The summed E-state index contributed by atoms with van der Waals surface area (Å²) in [6.07, 6.45) is 1.19. The highest BCUT2D eigenvalue weighted by atomic mass is 16.5. The first kappa shape index (κ1) is 12.7. The number of hydrogen-bond acceptors (Lipinski definition) is 4. The molecule has 1 aliphatic heterocycles. The molecule has 1 aliphatic rings. The van der Waals surface area contributed by atoms with Gasteiger partial charge < -0.3 is 14.8 Å². The van der Waals surface area contributed by atoms with E-state index in [4.69, 9.17) is 14.7 Å². The van der Waals surface area contributed by atoms with Gasteiger partial charge in [0.2, 0.25) is 0 Å². The minimum absolute atomic E-state index is 0.0445. The molecule has 0 amide bonds. The van der Waals surface area contributed by atoms with Crippen LogP contribution in [-0.2, 0) is 6.54 Å². The standard InChI is InChI=1S/C14H18N2O2/c1-2-12(5-6-15)18-13-4-3-11-10-16-7-8-17-14(11)9-13/h3-4,9,12,16H,2,5,7-8,10H2,1H3. The SMILES string of the molecule is CCC(CC#N)Oc1ccc2c(c1)OCCNC2.